The molecule has 0 aromatic rings. The van der Waals surface area contributed by atoms with Gasteiger partial charge in [-0.2, -0.15) is 0 Å². The lowest BCUT2D eigenvalue weighted by Crippen LogP contribution is -2.31. The highest BCUT2D eigenvalue weighted by Crippen LogP contribution is 2.15. The number of methoxy groups -OCH3 is 2. The van der Waals surface area contributed by atoms with Crippen LogP contribution in [0.4, 0.5) is 0 Å². The summed E-state index contributed by atoms with van der Waals surface area (Å²) in [5.41, 5.74) is 0. The molecule has 15 heavy (non-hydrogen) atoms. The van der Waals surface area contributed by atoms with Crippen molar-refractivity contribution in [1.29, 1.82) is 0 Å². The molecule has 0 bridgehead atoms. The van der Waals surface area contributed by atoms with Gasteiger partial charge in [0.05, 0.1) is 32.7 Å². The zero-order chi connectivity index (χ0) is 11.8. The average Bonchev–Trinajstić information content (AvgIpc) is 2.24. The molecule has 0 heterocycles. The molecule has 0 saturated carbocycles. The van der Waals surface area contributed by atoms with Crippen molar-refractivity contribution in [3.05, 3.63) is 12.7 Å². The predicted octanol–water partition coefficient (Wildman–Crippen LogP) is 0.276. The maximum absolute atomic E-state index is 11.2. The number of hydrogen-bond donors (Lipinski definition) is 1. The maximum atomic E-state index is 11.2. The van der Waals surface area contributed by atoms with E-state index in [2.05, 4.69) is 16.1 Å². The summed E-state index contributed by atoms with van der Waals surface area (Å²) in [7, 11) is 2.44. The SMILES string of the molecule is C=CC[C@@H](C(=O)OC)[C@H](O)CC(=O)OC. The van der Waals surface area contributed by atoms with E-state index in [9.17, 15) is 14.7 Å². The third kappa shape index (κ3) is 4.60. The van der Waals surface area contributed by atoms with Gasteiger partial charge in [-0.05, 0) is 6.42 Å². The number of aliphatic hydroxyl groups is 1. The Kier molecular flexibility index (Phi) is 6.37. The first kappa shape index (κ1) is 13.6. The van der Waals surface area contributed by atoms with Gasteiger partial charge in [0.2, 0.25) is 0 Å². The topological polar surface area (TPSA) is 72.8 Å². The zero-order valence-corrected chi connectivity index (χ0v) is 8.93. The van der Waals surface area contributed by atoms with Gasteiger partial charge in [0.1, 0.15) is 0 Å². The van der Waals surface area contributed by atoms with Crippen molar-refractivity contribution in [2.75, 3.05) is 14.2 Å². The van der Waals surface area contributed by atoms with Crippen molar-refractivity contribution in [2.24, 2.45) is 5.92 Å². The summed E-state index contributed by atoms with van der Waals surface area (Å²) in [6, 6.07) is 0. The van der Waals surface area contributed by atoms with E-state index in [1.165, 1.54) is 20.3 Å². The minimum atomic E-state index is -1.11. The summed E-state index contributed by atoms with van der Waals surface area (Å²) >= 11 is 0. The van der Waals surface area contributed by atoms with E-state index < -0.39 is 24.0 Å². The molecular weight excluding hydrogens is 200 g/mol. The van der Waals surface area contributed by atoms with Gasteiger partial charge in [-0.3, -0.25) is 9.59 Å². The Balaban J connectivity index is 4.40. The molecule has 0 aliphatic rings. The van der Waals surface area contributed by atoms with Gasteiger partial charge >= 0.3 is 11.9 Å². The molecule has 0 saturated heterocycles. The Morgan fingerprint density at radius 3 is 2.40 bits per heavy atom. The van der Waals surface area contributed by atoms with E-state index in [-0.39, 0.29) is 12.8 Å². The summed E-state index contributed by atoms with van der Waals surface area (Å²) in [5.74, 6) is -1.90. The number of allylic oxidation sites excluding steroid dienone is 1. The molecule has 0 spiro atoms. The molecule has 0 amide bonds. The second-order valence-corrected chi connectivity index (χ2v) is 3.00. The Hall–Kier alpha value is -1.36. The molecule has 0 aliphatic carbocycles. The number of rotatable bonds is 6. The number of carbonyl (C=O) groups excluding carboxylic acids is 2. The first-order valence-electron chi connectivity index (χ1n) is 4.50. The van der Waals surface area contributed by atoms with Crippen LogP contribution in [0.25, 0.3) is 0 Å². The van der Waals surface area contributed by atoms with Crippen LogP contribution in [0, 0.1) is 5.92 Å². The number of hydrogen-bond acceptors (Lipinski definition) is 5. The van der Waals surface area contributed by atoms with Crippen LogP contribution < -0.4 is 0 Å². The second kappa shape index (κ2) is 7.00. The third-order valence-electron chi connectivity index (χ3n) is 1.99. The van der Waals surface area contributed by atoms with Crippen molar-refractivity contribution in [3.8, 4) is 0 Å². The molecule has 0 radical (unpaired) electrons. The number of ether oxygens (including phenoxy) is 2. The summed E-state index contributed by atoms with van der Waals surface area (Å²) in [6.07, 6.45) is 0.403. The molecular formula is C10H16O5. The standard InChI is InChI=1S/C10H16O5/c1-4-5-7(10(13)15-3)8(11)6-9(12)14-2/h4,7-8,11H,1,5-6H2,2-3H3/t7-,8-/m1/s1. The first-order valence-corrected chi connectivity index (χ1v) is 4.50. The fourth-order valence-electron chi connectivity index (χ4n) is 1.14. The molecule has 0 aliphatic heterocycles. The average molecular weight is 216 g/mol. The van der Waals surface area contributed by atoms with Gasteiger partial charge < -0.3 is 14.6 Å². The fourth-order valence-corrected chi connectivity index (χ4v) is 1.14. The summed E-state index contributed by atoms with van der Waals surface area (Å²) in [6.45, 7) is 3.46. The Labute approximate surface area is 88.7 Å². The van der Waals surface area contributed by atoms with Crippen LogP contribution in [0.5, 0.6) is 0 Å². The highest BCUT2D eigenvalue weighted by molar-refractivity contribution is 5.75. The summed E-state index contributed by atoms with van der Waals surface area (Å²) < 4.78 is 8.89. The summed E-state index contributed by atoms with van der Waals surface area (Å²) in [5, 5.41) is 9.59. The minimum Gasteiger partial charge on any atom is -0.469 e. The Morgan fingerprint density at radius 1 is 1.40 bits per heavy atom. The Morgan fingerprint density at radius 2 is 2.00 bits per heavy atom. The monoisotopic (exact) mass is 216 g/mol. The van der Waals surface area contributed by atoms with E-state index >= 15 is 0 Å². The van der Waals surface area contributed by atoms with Gasteiger partial charge in [-0.1, -0.05) is 6.08 Å². The number of carbonyl (C=O) groups is 2. The van der Waals surface area contributed by atoms with Crippen molar-refractivity contribution in [2.45, 2.75) is 18.9 Å². The highest BCUT2D eigenvalue weighted by atomic mass is 16.5. The fraction of sp³-hybridized carbons (Fsp3) is 0.600. The van der Waals surface area contributed by atoms with Crippen LogP contribution in [0.3, 0.4) is 0 Å². The molecule has 2 atom stereocenters. The zero-order valence-electron chi connectivity index (χ0n) is 8.93. The normalized spacial score (nSPS) is 13.8. The number of aliphatic hydroxyl groups excluding tert-OH is 1. The van der Waals surface area contributed by atoms with Crippen LogP contribution in [0.1, 0.15) is 12.8 Å². The van der Waals surface area contributed by atoms with E-state index in [0.717, 1.165) is 0 Å². The highest BCUT2D eigenvalue weighted by Gasteiger charge is 2.28. The summed E-state index contributed by atoms with van der Waals surface area (Å²) in [4.78, 5) is 22.1. The molecule has 0 aromatic carbocycles. The van der Waals surface area contributed by atoms with Crippen molar-refractivity contribution < 1.29 is 24.2 Å². The van der Waals surface area contributed by atoms with E-state index in [4.69, 9.17) is 0 Å². The first-order chi connectivity index (χ1) is 7.06. The van der Waals surface area contributed by atoms with Crippen LogP contribution in [-0.2, 0) is 19.1 Å². The van der Waals surface area contributed by atoms with Crippen molar-refractivity contribution >= 4 is 11.9 Å². The van der Waals surface area contributed by atoms with Gasteiger partial charge in [0.15, 0.2) is 0 Å². The van der Waals surface area contributed by atoms with Crippen LogP contribution in [0.15, 0.2) is 12.7 Å². The van der Waals surface area contributed by atoms with Crippen molar-refractivity contribution in [3.63, 3.8) is 0 Å². The molecule has 5 heteroatoms. The lowest BCUT2D eigenvalue weighted by Gasteiger charge is -2.18. The second-order valence-electron chi connectivity index (χ2n) is 3.00. The molecule has 0 rings (SSSR count). The Bertz CT molecular complexity index is 236. The molecule has 1 N–H and O–H groups in total. The van der Waals surface area contributed by atoms with Crippen LogP contribution in [0.2, 0.25) is 0 Å². The quantitative estimate of drug-likeness (QED) is 0.510. The predicted molar refractivity (Wildman–Crippen MR) is 53.0 cm³/mol. The van der Waals surface area contributed by atoms with Crippen molar-refractivity contribution in [1.82, 2.24) is 0 Å². The minimum absolute atomic E-state index is 0.232. The largest absolute Gasteiger partial charge is 0.469 e. The third-order valence-corrected chi connectivity index (χ3v) is 1.99. The van der Waals surface area contributed by atoms with Gasteiger partial charge in [-0.25, -0.2) is 0 Å². The lowest BCUT2D eigenvalue weighted by atomic mass is 9.96. The van der Waals surface area contributed by atoms with Crippen LogP contribution >= 0.6 is 0 Å². The van der Waals surface area contributed by atoms with E-state index in [1.807, 2.05) is 0 Å². The van der Waals surface area contributed by atoms with Crippen LogP contribution in [-0.4, -0.2) is 37.4 Å². The molecule has 0 fully saturated rings. The van der Waals surface area contributed by atoms with Gasteiger partial charge in [-0.15, -0.1) is 6.58 Å². The van der Waals surface area contributed by atoms with Gasteiger partial charge in [0, 0.05) is 0 Å². The lowest BCUT2D eigenvalue weighted by molar-refractivity contribution is -0.152. The van der Waals surface area contributed by atoms with E-state index in [1.54, 1.807) is 0 Å². The van der Waals surface area contributed by atoms with Gasteiger partial charge in [0.25, 0.3) is 0 Å². The maximum Gasteiger partial charge on any atom is 0.311 e. The molecule has 5 nitrogen and oxygen atoms in total. The smallest absolute Gasteiger partial charge is 0.311 e. The number of esters is 2. The van der Waals surface area contributed by atoms with E-state index in [0.29, 0.717) is 0 Å². The molecule has 0 aromatic heterocycles. The molecule has 86 valence electrons. The molecule has 0 unspecified atom stereocenters.